The van der Waals surface area contributed by atoms with Crippen molar-refractivity contribution in [3.63, 3.8) is 0 Å². The van der Waals surface area contributed by atoms with Gasteiger partial charge in [0, 0.05) is 0 Å². The molecule has 0 fully saturated rings. The maximum atomic E-state index is 12.9. The molecule has 5 heteroatoms. The molecule has 0 saturated heterocycles. The molecule has 0 unspecified atom stereocenters. The molecule has 2 rings (SSSR count). The fraction of sp³-hybridized carbons (Fsp3) is 0.556. The fourth-order valence-electron chi connectivity index (χ4n) is 2.59. The molecule has 126 valence electrons. The second-order valence-electron chi connectivity index (χ2n) is 8.05. The maximum absolute atomic E-state index is 12.9. The summed E-state index contributed by atoms with van der Waals surface area (Å²) in [5.74, 6) is -0.893. The number of anilines is 1. The summed E-state index contributed by atoms with van der Waals surface area (Å²) in [6.45, 7) is 12.6. The van der Waals surface area contributed by atoms with Crippen LogP contribution >= 0.6 is 0 Å². The third-order valence-electron chi connectivity index (χ3n) is 4.23. The number of nitrogens with zero attached hydrogens (tertiary/aromatic N) is 1. The number of carbonyl (C=O) groups is 2. The zero-order valence-corrected chi connectivity index (χ0v) is 14.9. The zero-order chi connectivity index (χ0) is 17.8. The minimum atomic E-state index is -1.37. The van der Waals surface area contributed by atoms with Crippen LogP contribution in [0.3, 0.4) is 0 Å². The fourth-order valence-corrected chi connectivity index (χ4v) is 2.59. The predicted octanol–water partition coefficient (Wildman–Crippen LogP) is 3.35. The number of fused-ring (bicyclic) bond motifs is 1. The summed E-state index contributed by atoms with van der Waals surface area (Å²) in [5, 5.41) is 9.60. The van der Waals surface area contributed by atoms with Crippen LogP contribution in [0.2, 0.25) is 0 Å². The normalized spacial score (nSPS) is 17.5. The van der Waals surface area contributed by atoms with E-state index in [-0.39, 0.29) is 11.3 Å². The zero-order valence-electron chi connectivity index (χ0n) is 14.9. The third-order valence-corrected chi connectivity index (χ3v) is 4.23. The highest BCUT2D eigenvalue weighted by atomic mass is 16.5. The molecule has 0 atom stereocenters. The van der Waals surface area contributed by atoms with Crippen LogP contribution in [0.4, 0.5) is 5.69 Å². The van der Waals surface area contributed by atoms with Crippen LogP contribution in [0.15, 0.2) is 18.2 Å². The third kappa shape index (κ3) is 2.80. The monoisotopic (exact) mass is 319 g/mol. The Morgan fingerprint density at radius 3 is 2.22 bits per heavy atom. The number of aliphatic carboxylic acids is 1. The number of hydrogen-bond acceptors (Lipinski definition) is 3. The molecule has 0 radical (unpaired) electrons. The highest BCUT2D eigenvalue weighted by Crippen LogP contribution is 2.43. The van der Waals surface area contributed by atoms with E-state index in [1.807, 2.05) is 18.2 Å². The van der Waals surface area contributed by atoms with Gasteiger partial charge in [0.15, 0.2) is 5.60 Å². The van der Waals surface area contributed by atoms with Crippen molar-refractivity contribution in [2.75, 3.05) is 4.90 Å². The summed E-state index contributed by atoms with van der Waals surface area (Å²) in [6.07, 6.45) is 0. The van der Waals surface area contributed by atoms with Crippen molar-refractivity contribution < 1.29 is 19.4 Å². The molecule has 0 saturated carbocycles. The van der Waals surface area contributed by atoms with E-state index in [0.717, 1.165) is 5.56 Å². The van der Waals surface area contributed by atoms with Crippen LogP contribution in [0, 0.1) is 0 Å². The van der Waals surface area contributed by atoms with Crippen LogP contribution < -0.4 is 9.64 Å². The topological polar surface area (TPSA) is 66.8 Å². The Labute approximate surface area is 137 Å². The molecule has 1 aromatic rings. The van der Waals surface area contributed by atoms with Crippen LogP contribution in [0.5, 0.6) is 5.75 Å². The lowest BCUT2D eigenvalue weighted by atomic mass is 9.85. The van der Waals surface area contributed by atoms with Gasteiger partial charge in [-0.1, -0.05) is 26.8 Å². The maximum Gasteiger partial charge on any atom is 0.329 e. The SMILES string of the molecule is CC1(C)Oc2ccc(C(C)(C)C)cc2N(C(C)(C)C(=O)O)C1=O. The summed E-state index contributed by atoms with van der Waals surface area (Å²) in [6, 6.07) is 5.62. The molecule has 0 aliphatic carbocycles. The molecule has 1 amide bonds. The highest BCUT2D eigenvalue weighted by Gasteiger charge is 2.49. The standard InChI is InChI=1S/C18H25NO4/c1-16(2,3)11-8-9-13-12(10-11)19(17(4,5)15(21)22)14(20)18(6,7)23-13/h8-10H,1-7H3,(H,21,22). The Hall–Kier alpha value is -2.04. The smallest absolute Gasteiger partial charge is 0.329 e. The Bertz CT molecular complexity index is 668. The second-order valence-corrected chi connectivity index (χ2v) is 8.05. The van der Waals surface area contributed by atoms with Crippen molar-refractivity contribution in [2.45, 2.75) is 65.0 Å². The van der Waals surface area contributed by atoms with Crippen molar-refractivity contribution in [1.82, 2.24) is 0 Å². The first-order valence-corrected chi connectivity index (χ1v) is 7.70. The van der Waals surface area contributed by atoms with Crippen molar-refractivity contribution in [2.24, 2.45) is 0 Å². The van der Waals surface area contributed by atoms with Crippen LogP contribution in [0.1, 0.15) is 54.0 Å². The lowest BCUT2D eigenvalue weighted by molar-refractivity contribution is -0.146. The van der Waals surface area contributed by atoms with Gasteiger partial charge in [-0.15, -0.1) is 0 Å². The average Bonchev–Trinajstić information content (AvgIpc) is 2.37. The Morgan fingerprint density at radius 1 is 1.17 bits per heavy atom. The van der Waals surface area contributed by atoms with E-state index in [2.05, 4.69) is 20.8 Å². The second kappa shape index (κ2) is 4.98. The van der Waals surface area contributed by atoms with E-state index in [4.69, 9.17) is 4.74 Å². The molecule has 1 aliphatic heterocycles. The minimum absolute atomic E-state index is 0.121. The van der Waals surface area contributed by atoms with E-state index >= 15 is 0 Å². The number of carboxylic acid groups (broad SMARTS) is 1. The number of ether oxygens (including phenoxy) is 1. The molecule has 0 bridgehead atoms. The largest absolute Gasteiger partial charge is 0.480 e. The minimum Gasteiger partial charge on any atom is -0.480 e. The van der Waals surface area contributed by atoms with Gasteiger partial charge in [-0.25, -0.2) is 4.79 Å². The van der Waals surface area contributed by atoms with Gasteiger partial charge in [0.05, 0.1) is 5.69 Å². The van der Waals surface area contributed by atoms with E-state index < -0.39 is 17.1 Å². The molecule has 23 heavy (non-hydrogen) atoms. The van der Waals surface area contributed by atoms with Gasteiger partial charge < -0.3 is 9.84 Å². The molecule has 0 spiro atoms. The first-order valence-electron chi connectivity index (χ1n) is 7.70. The molecule has 0 aromatic heterocycles. The number of rotatable bonds is 2. The van der Waals surface area contributed by atoms with Gasteiger partial charge in [0.2, 0.25) is 0 Å². The summed E-state index contributed by atoms with van der Waals surface area (Å²) < 4.78 is 5.82. The van der Waals surface area contributed by atoms with E-state index in [0.29, 0.717) is 11.4 Å². The first kappa shape index (κ1) is 17.3. The summed E-state index contributed by atoms with van der Waals surface area (Å²) in [4.78, 5) is 25.9. The molecular weight excluding hydrogens is 294 g/mol. The molecular formula is C18H25NO4. The number of benzene rings is 1. The van der Waals surface area contributed by atoms with E-state index in [1.165, 1.54) is 18.7 Å². The molecule has 1 N–H and O–H groups in total. The van der Waals surface area contributed by atoms with Gasteiger partial charge in [-0.3, -0.25) is 9.69 Å². The quantitative estimate of drug-likeness (QED) is 0.908. The van der Waals surface area contributed by atoms with Gasteiger partial charge in [0.1, 0.15) is 11.3 Å². The van der Waals surface area contributed by atoms with E-state index in [9.17, 15) is 14.7 Å². The van der Waals surface area contributed by atoms with Gasteiger partial charge in [0.25, 0.3) is 5.91 Å². The van der Waals surface area contributed by atoms with Crippen molar-refractivity contribution in [3.05, 3.63) is 23.8 Å². The Kier molecular flexibility index (Phi) is 3.75. The van der Waals surface area contributed by atoms with Crippen molar-refractivity contribution in [3.8, 4) is 5.75 Å². The Balaban J connectivity index is 2.72. The Morgan fingerprint density at radius 2 is 1.74 bits per heavy atom. The van der Waals surface area contributed by atoms with E-state index in [1.54, 1.807) is 13.8 Å². The number of carbonyl (C=O) groups excluding carboxylic acids is 1. The van der Waals surface area contributed by atoms with Gasteiger partial charge in [-0.2, -0.15) is 0 Å². The molecule has 5 nitrogen and oxygen atoms in total. The molecule has 1 aliphatic rings. The van der Waals surface area contributed by atoms with Crippen molar-refractivity contribution >= 4 is 17.6 Å². The lowest BCUT2D eigenvalue weighted by Crippen LogP contribution is -2.62. The first-order chi connectivity index (χ1) is 10.3. The average molecular weight is 319 g/mol. The molecule has 1 aromatic carbocycles. The lowest BCUT2D eigenvalue weighted by Gasteiger charge is -2.45. The van der Waals surface area contributed by atoms with Crippen LogP contribution in [0.25, 0.3) is 0 Å². The number of carboxylic acids is 1. The summed E-state index contributed by atoms with van der Waals surface area (Å²) in [5.41, 5.74) is -1.08. The van der Waals surface area contributed by atoms with Gasteiger partial charge >= 0.3 is 5.97 Å². The van der Waals surface area contributed by atoms with Gasteiger partial charge in [-0.05, 0) is 50.8 Å². The summed E-state index contributed by atoms with van der Waals surface area (Å²) in [7, 11) is 0. The number of hydrogen-bond donors (Lipinski definition) is 1. The molecule has 1 heterocycles. The predicted molar refractivity (Wildman–Crippen MR) is 89.0 cm³/mol. The van der Waals surface area contributed by atoms with Crippen LogP contribution in [-0.4, -0.2) is 28.1 Å². The van der Waals surface area contributed by atoms with Crippen molar-refractivity contribution in [1.29, 1.82) is 0 Å². The summed E-state index contributed by atoms with van der Waals surface area (Å²) >= 11 is 0. The number of amides is 1. The van der Waals surface area contributed by atoms with Crippen LogP contribution in [-0.2, 0) is 15.0 Å². The highest BCUT2D eigenvalue weighted by molar-refractivity contribution is 6.07.